The summed E-state index contributed by atoms with van der Waals surface area (Å²) in [5.74, 6) is 1.54. The Hall–Kier alpha value is -2.98. The fraction of sp³-hybridized carbons (Fsp3) is 0.412. The summed E-state index contributed by atoms with van der Waals surface area (Å²) in [5, 5.41) is 25.3. The average Bonchev–Trinajstić information content (AvgIpc) is 3.08. The number of ether oxygens (including phenoxy) is 1. The smallest absolute Gasteiger partial charge is 0.299 e. The molecule has 1 saturated heterocycles. The van der Waals surface area contributed by atoms with Crippen molar-refractivity contribution in [3.05, 3.63) is 62.1 Å². The van der Waals surface area contributed by atoms with Gasteiger partial charge in [-0.05, 0) is 25.1 Å². The van der Waals surface area contributed by atoms with Gasteiger partial charge in [-0.2, -0.15) is 0 Å². The number of non-ortho nitro benzene ring substituents is 1. The highest BCUT2D eigenvalue weighted by Crippen LogP contribution is 2.31. The van der Waals surface area contributed by atoms with Gasteiger partial charge in [-0.1, -0.05) is 0 Å². The molecule has 2 heterocycles. The monoisotopic (exact) mass is 376 g/mol. The molecule has 1 fully saturated rings. The Morgan fingerprint density at radius 2 is 1.89 bits per heavy atom. The molecule has 10 heteroatoms. The lowest BCUT2D eigenvalue weighted by molar-refractivity contribution is -0.393. The van der Waals surface area contributed by atoms with Crippen molar-refractivity contribution in [1.82, 2.24) is 4.90 Å². The Kier molecular flexibility index (Phi) is 5.67. The first kappa shape index (κ1) is 18.8. The van der Waals surface area contributed by atoms with Crippen LogP contribution in [0.4, 0.5) is 17.1 Å². The van der Waals surface area contributed by atoms with Crippen molar-refractivity contribution in [2.75, 3.05) is 38.2 Å². The molecule has 10 nitrogen and oxygen atoms in total. The van der Waals surface area contributed by atoms with Crippen molar-refractivity contribution >= 4 is 17.1 Å². The van der Waals surface area contributed by atoms with Crippen LogP contribution >= 0.6 is 0 Å². The number of hydrogen-bond acceptors (Lipinski definition) is 8. The van der Waals surface area contributed by atoms with Gasteiger partial charge in [0.2, 0.25) is 0 Å². The maximum Gasteiger partial charge on any atom is 0.299 e. The van der Waals surface area contributed by atoms with E-state index in [2.05, 4.69) is 10.2 Å². The predicted octanol–water partition coefficient (Wildman–Crippen LogP) is 2.89. The summed E-state index contributed by atoms with van der Waals surface area (Å²) in [6.45, 7) is 4.85. The van der Waals surface area contributed by atoms with Crippen LogP contribution in [-0.2, 0) is 4.74 Å². The van der Waals surface area contributed by atoms with E-state index in [0.717, 1.165) is 17.6 Å². The number of anilines is 1. The maximum atomic E-state index is 11.3. The van der Waals surface area contributed by atoms with E-state index in [9.17, 15) is 20.2 Å². The zero-order chi connectivity index (χ0) is 19.4. The predicted molar refractivity (Wildman–Crippen MR) is 96.8 cm³/mol. The van der Waals surface area contributed by atoms with E-state index in [0.29, 0.717) is 32.8 Å². The van der Waals surface area contributed by atoms with Gasteiger partial charge in [-0.15, -0.1) is 0 Å². The number of morpholine rings is 1. The molecule has 1 aromatic carbocycles. The van der Waals surface area contributed by atoms with Crippen LogP contribution in [0.25, 0.3) is 0 Å². The standard InChI is InChI=1S/C17H20N4O6/c1-12-2-5-17(27-12)16(19-6-8-26-9-7-19)11-18-14-4-3-13(20(22)23)10-15(14)21(24)25/h2-5,10,16,18H,6-9,11H2,1H3. The second kappa shape index (κ2) is 8.14. The van der Waals surface area contributed by atoms with Crippen LogP contribution in [0.5, 0.6) is 0 Å². The van der Waals surface area contributed by atoms with Gasteiger partial charge >= 0.3 is 0 Å². The normalized spacial score (nSPS) is 16.0. The summed E-state index contributed by atoms with van der Waals surface area (Å²) in [6.07, 6.45) is 0. The molecule has 1 atom stereocenters. The highest BCUT2D eigenvalue weighted by atomic mass is 16.6. The molecule has 0 spiro atoms. The van der Waals surface area contributed by atoms with Gasteiger partial charge in [-0.3, -0.25) is 25.1 Å². The number of nitrogens with zero attached hydrogens (tertiary/aromatic N) is 3. The van der Waals surface area contributed by atoms with E-state index in [1.807, 2.05) is 19.1 Å². The van der Waals surface area contributed by atoms with Crippen molar-refractivity contribution in [2.45, 2.75) is 13.0 Å². The topological polar surface area (TPSA) is 124 Å². The summed E-state index contributed by atoms with van der Waals surface area (Å²) in [7, 11) is 0. The highest BCUT2D eigenvalue weighted by Gasteiger charge is 2.26. The van der Waals surface area contributed by atoms with E-state index in [1.165, 1.54) is 12.1 Å². The Bertz CT molecular complexity index is 831. The van der Waals surface area contributed by atoms with Gasteiger partial charge in [0.15, 0.2) is 0 Å². The van der Waals surface area contributed by atoms with Gasteiger partial charge < -0.3 is 14.5 Å². The molecule has 1 N–H and O–H groups in total. The Morgan fingerprint density at radius 1 is 1.15 bits per heavy atom. The third-order valence-electron chi connectivity index (χ3n) is 4.45. The average molecular weight is 376 g/mol. The molecule has 3 rings (SSSR count). The third-order valence-corrected chi connectivity index (χ3v) is 4.45. The second-order valence-corrected chi connectivity index (χ2v) is 6.21. The summed E-state index contributed by atoms with van der Waals surface area (Å²) < 4.78 is 11.2. The third kappa shape index (κ3) is 4.41. The quantitative estimate of drug-likeness (QED) is 0.578. The first-order valence-electron chi connectivity index (χ1n) is 8.50. The van der Waals surface area contributed by atoms with Gasteiger partial charge in [0.1, 0.15) is 17.2 Å². The van der Waals surface area contributed by atoms with Crippen molar-refractivity contribution < 1.29 is 19.0 Å². The van der Waals surface area contributed by atoms with Crippen LogP contribution in [0.15, 0.2) is 34.7 Å². The fourth-order valence-electron chi connectivity index (χ4n) is 3.07. The van der Waals surface area contributed by atoms with Crippen molar-refractivity contribution in [2.24, 2.45) is 0 Å². The van der Waals surface area contributed by atoms with Gasteiger partial charge in [0, 0.05) is 25.7 Å². The minimum atomic E-state index is -0.654. The molecule has 1 unspecified atom stereocenters. The molecule has 0 bridgehead atoms. The van der Waals surface area contributed by atoms with Crippen LogP contribution in [0, 0.1) is 27.2 Å². The SMILES string of the molecule is Cc1ccc(C(CNc2ccc([N+](=O)[O-])cc2[N+](=O)[O-])N2CCOCC2)o1. The Balaban J connectivity index is 1.82. The van der Waals surface area contributed by atoms with Crippen LogP contribution in [-0.4, -0.2) is 47.6 Å². The molecule has 2 aromatic rings. The minimum absolute atomic E-state index is 0.141. The summed E-state index contributed by atoms with van der Waals surface area (Å²) in [6, 6.07) is 7.19. The van der Waals surface area contributed by atoms with Crippen molar-refractivity contribution in [3.63, 3.8) is 0 Å². The number of benzene rings is 1. The van der Waals surface area contributed by atoms with Gasteiger partial charge in [0.05, 0.1) is 35.2 Å². The second-order valence-electron chi connectivity index (χ2n) is 6.21. The number of furan rings is 1. The number of nitro groups is 2. The lowest BCUT2D eigenvalue weighted by Gasteiger charge is -2.33. The first-order valence-corrected chi connectivity index (χ1v) is 8.50. The van der Waals surface area contributed by atoms with Crippen LogP contribution in [0.3, 0.4) is 0 Å². The molecule has 0 radical (unpaired) electrons. The van der Waals surface area contributed by atoms with Gasteiger partial charge in [-0.25, -0.2) is 0 Å². The molecule has 1 aliphatic heterocycles. The van der Waals surface area contributed by atoms with Crippen molar-refractivity contribution in [1.29, 1.82) is 0 Å². The van der Waals surface area contributed by atoms with Crippen LogP contribution in [0.2, 0.25) is 0 Å². The van der Waals surface area contributed by atoms with E-state index in [4.69, 9.17) is 9.15 Å². The van der Waals surface area contributed by atoms with Crippen molar-refractivity contribution in [3.8, 4) is 0 Å². The largest absolute Gasteiger partial charge is 0.465 e. The summed E-state index contributed by atoms with van der Waals surface area (Å²) in [5.41, 5.74) is -0.425. The fourth-order valence-corrected chi connectivity index (χ4v) is 3.07. The number of hydrogen-bond donors (Lipinski definition) is 1. The molecular formula is C17H20N4O6. The lowest BCUT2D eigenvalue weighted by Crippen LogP contribution is -2.41. The van der Waals surface area contributed by atoms with Crippen LogP contribution < -0.4 is 5.32 Å². The Morgan fingerprint density at radius 3 is 2.48 bits per heavy atom. The lowest BCUT2D eigenvalue weighted by atomic mass is 10.1. The van der Waals surface area contributed by atoms with Crippen LogP contribution in [0.1, 0.15) is 17.6 Å². The summed E-state index contributed by atoms with van der Waals surface area (Å²) in [4.78, 5) is 23.1. The zero-order valence-electron chi connectivity index (χ0n) is 14.8. The van der Waals surface area contributed by atoms with Gasteiger partial charge in [0.25, 0.3) is 11.4 Å². The van der Waals surface area contributed by atoms with E-state index in [-0.39, 0.29) is 23.1 Å². The molecule has 0 saturated carbocycles. The number of nitro benzene ring substituents is 2. The molecule has 27 heavy (non-hydrogen) atoms. The molecule has 1 aromatic heterocycles. The minimum Gasteiger partial charge on any atom is -0.465 e. The zero-order valence-corrected chi connectivity index (χ0v) is 14.8. The summed E-state index contributed by atoms with van der Waals surface area (Å²) >= 11 is 0. The van der Waals surface area contributed by atoms with E-state index >= 15 is 0 Å². The number of rotatable bonds is 7. The number of aryl methyl sites for hydroxylation is 1. The maximum absolute atomic E-state index is 11.3. The molecule has 0 aliphatic carbocycles. The van der Waals surface area contributed by atoms with E-state index in [1.54, 1.807) is 0 Å². The van der Waals surface area contributed by atoms with E-state index < -0.39 is 9.85 Å². The highest BCUT2D eigenvalue weighted by molar-refractivity contribution is 5.65. The molecular weight excluding hydrogens is 356 g/mol. The molecule has 0 amide bonds. The molecule has 1 aliphatic rings. The molecule has 144 valence electrons. The Labute approximate surface area is 155 Å². The number of nitrogens with one attached hydrogen (secondary N) is 1. The first-order chi connectivity index (χ1) is 13.0.